The molecule has 0 unspecified atom stereocenters. The summed E-state index contributed by atoms with van der Waals surface area (Å²) in [4.78, 5) is 0. The minimum absolute atomic E-state index is 0.166. The first-order valence-electron chi connectivity index (χ1n) is 9.29. The van der Waals surface area contributed by atoms with Crippen LogP contribution in [0.2, 0.25) is 0 Å². The van der Waals surface area contributed by atoms with E-state index in [0.29, 0.717) is 38.5 Å². The Hall–Kier alpha value is -2.49. The van der Waals surface area contributed by atoms with Gasteiger partial charge < -0.3 is 0 Å². The summed E-state index contributed by atoms with van der Waals surface area (Å²) in [6.07, 6.45) is -5.14. The number of aryl methyl sites for hydroxylation is 2. The lowest BCUT2D eigenvalue weighted by Crippen LogP contribution is -2.07. The van der Waals surface area contributed by atoms with Crippen molar-refractivity contribution in [2.45, 2.75) is 50.9 Å². The van der Waals surface area contributed by atoms with E-state index >= 15 is 0 Å². The van der Waals surface area contributed by atoms with Gasteiger partial charge in [0, 0.05) is 6.42 Å². The number of alkyl halides is 6. The number of hydrogen-bond donors (Lipinski definition) is 0. The van der Waals surface area contributed by atoms with Crippen LogP contribution in [0.1, 0.15) is 47.9 Å². The van der Waals surface area contributed by atoms with Crippen molar-refractivity contribution < 1.29 is 26.3 Å². The molecule has 2 aromatic carbocycles. The molecule has 0 fully saturated rings. The summed E-state index contributed by atoms with van der Waals surface area (Å²) in [6.45, 7) is 0. The van der Waals surface area contributed by atoms with Gasteiger partial charge in [0.15, 0.2) is 0 Å². The quantitative estimate of drug-likeness (QED) is 0.420. The van der Waals surface area contributed by atoms with E-state index < -0.39 is 23.5 Å². The predicted molar refractivity (Wildman–Crippen MR) is 97.9 cm³/mol. The van der Waals surface area contributed by atoms with E-state index in [2.05, 4.69) is 6.07 Å². The molecule has 0 bridgehead atoms. The predicted octanol–water partition coefficient (Wildman–Crippen LogP) is 7.21. The van der Waals surface area contributed by atoms with E-state index in [1.165, 1.54) is 24.3 Å². The van der Waals surface area contributed by atoms with Crippen LogP contribution in [0.3, 0.4) is 0 Å². The minimum atomic E-state index is -4.37. The topological polar surface area (TPSA) is 23.8 Å². The number of nitriles is 1. The highest BCUT2D eigenvalue weighted by Gasteiger charge is 2.30. The Labute approximate surface area is 166 Å². The van der Waals surface area contributed by atoms with Crippen molar-refractivity contribution in [2.75, 3.05) is 0 Å². The van der Waals surface area contributed by atoms with Crippen molar-refractivity contribution in [1.82, 2.24) is 0 Å². The molecule has 0 N–H and O–H groups in total. The normalized spacial score (nSPS) is 12.2. The molecule has 0 spiro atoms. The maximum Gasteiger partial charge on any atom is 0.416 e. The van der Waals surface area contributed by atoms with Gasteiger partial charge in [-0.15, -0.1) is 0 Å². The first-order chi connectivity index (χ1) is 13.6. The van der Waals surface area contributed by atoms with Crippen LogP contribution in [-0.4, -0.2) is 0 Å². The monoisotopic (exact) mass is 413 g/mol. The van der Waals surface area contributed by atoms with Gasteiger partial charge in [0.05, 0.1) is 17.2 Å². The largest absolute Gasteiger partial charge is 0.416 e. The van der Waals surface area contributed by atoms with Crippen molar-refractivity contribution in [2.24, 2.45) is 5.92 Å². The summed E-state index contributed by atoms with van der Waals surface area (Å²) in [5, 5.41) is 8.84. The lowest BCUT2D eigenvalue weighted by atomic mass is 9.89. The molecule has 0 amide bonds. The molecule has 2 aromatic rings. The number of hydrogen-bond acceptors (Lipinski definition) is 1. The summed E-state index contributed by atoms with van der Waals surface area (Å²) < 4.78 is 75.8. The lowest BCUT2D eigenvalue weighted by Gasteiger charge is -2.16. The molecule has 0 aliphatic heterocycles. The number of halogens is 6. The molecule has 0 aromatic heterocycles. The van der Waals surface area contributed by atoms with Gasteiger partial charge in [0.25, 0.3) is 0 Å². The second kappa shape index (κ2) is 9.82. The van der Waals surface area contributed by atoms with Crippen molar-refractivity contribution in [3.63, 3.8) is 0 Å². The summed E-state index contributed by atoms with van der Waals surface area (Å²) in [6, 6.07) is 12.2. The highest BCUT2D eigenvalue weighted by molar-refractivity contribution is 5.25. The Morgan fingerprint density at radius 2 is 1.03 bits per heavy atom. The lowest BCUT2D eigenvalue weighted by molar-refractivity contribution is -0.138. The molecule has 0 atom stereocenters. The Kier molecular flexibility index (Phi) is 7.72. The van der Waals surface area contributed by atoms with Gasteiger partial charge in [-0.1, -0.05) is 24.3 Å². The third kappa shape index (κ3) is 7.45. The Morgan fingerprint density at radius 1 is 0.655 bits per heavy atom. The first-order valence-corrected chi connectivity index (χ1v) is 9.29. The molecule has 7 heteroatoms. The SMILES string of the molecule is N#CCCC(CCc1ccc(C(F)(F)F)cc1)CCc1ccc(C(F)(F)F)cc1. The van der Waals surface area contributed by atoms with E-state index in [4.69, 9.17) is 5.26 Å². The average Bonchev–Trinajstić information content (AvgIpc) is 2.66. The van der Waals surface area contributed by atoms with E-state index in [0.717, 1.165) is 35.4 Å². The fraction of sp³-hybridized carbons (Fsp3) is 0.409. The van der Waals surface area contributed by atoms with Crippen LogP contribution in [0.25, 0.3) is 0 Å². The first kappa shape index (κ1) is 22.8. The highest BCUT2D eigenvalue weighted by atomic mass is 19.4. The molecule has 156 valence electrons. The fourth-order valence-corrected chi connectivity index (χ4v) is 3.16. The summed E-state index contributed by atoms with van der Waals surface area (Å²) in [7, 11) is 0. The van der Waals surface area contributed by atoms with Crippen molar-refractivity contribution in [3.05, 3.63) is 70.8 Å². The van der Waals surface area contributed by atoms with Gasteiger partial charge >= 0.3 is 12.4 Å². The zero-order chi connectivity index (χ0) is 21.5. The second-order valence-corrected chi connectivity index (χ2v) is 7.03. The fourth-order valence-electron chi connectivity index (χ4n) is 3.16. The summed E-state index contributed by atoms with van der Waals surface area (Å²) in [5.74, 6) is 0.166. The molecule has 0 radical (unpaired) electrons. The van der Waals surface area contributed by atoms with Crippen molar-refractivity contribution in [3.8, 4) is 6.07 Å². The highest BCUT2D eigenvalue weighted by Crippen LogP contribution is 2.31. The van der Waals surface area contributed by atoms with Crippen molar-refractivity contribution >= 4 is 0 Å². The smallest absolute Gasteiger partial charge is 0.198 e. The molecule has 2 rings (SSSR count). The number of rotatable bonds is 8. The summed E-state index contributed by atoms with van der Waals surface area (Å²) >= 11 is 0. The van der Waals surface area contributed by atoms with E-state index in [1.54, 1.807) is 0 Å². The third-order valence-electron chi connectivity index (χ3n) is 4.91. The molecule has 1 nitrogen and oxygen atoms in total. The van der Waals surface area contributed by atoms with Crippen LogP contribution < -0.4 is 0 Å². The van der Waals surface area contributed by atoms with E-state index in [-0.39, 0.29) is 5.92 Å². The van der Waals surface area contributed by atoms with Gasteiger partial charge in [-0.2, -0.15) is 31.6 Å². The van der Waals surface area contributed by atoms with E-state index in [1.807, 2.05) is 0 Å². The molecule has 0 heterocycles. The molecule has 0 saturated carbocycles. The van der Waals surface area contributed by atoms with Gasteiger partial charge in [-0.05, 0) is 73.4 Å². The van der Waals surface area contributed by atoms with E-state index in [9.17, 15) is 26.3 Å². The van der Waals surface area contributed by atoms with Gasteiger partial charge in [-0.3, -0.25) is 0 Å². The number of nitrogens with zero attached hydrogens (tertiary/aromatic N) is 1. The maximum atomic E-state index is 12.6. The third-order valence-corrected chi connectivity index (χ3v) is 4.91. The van der Waals surface area contributed by atoms with Crippen molar-refractivity contribution in [1.29, 1.82) is 5.26 Å². The zero-order valence-corrected chi connectivity index (χ0v) is 15.7. The maximum absolute atomic E-state index is 12.6. The van der Waals surface area contributed by atoms with Crippen LogP contribution in [0.5, 0.6) is 0 Å². The Bertz CT molecular complexity index is 736. The molecular weight excluding hydrogens is 392 g/mol. The van der Waals surface area contributed by atoms with Crippen LogP contribution in [0.4, 0.5) is 26.3 Å². The molecule has 0 saturated heterocycles. The van der Waals surface area contributed by atoms with Crippen LogP contribution >= 0.6 is 0 Å². The summed E-state index contributed by atoms with van der Waals surface area (Å²) in [5.41, 5.74) is 0.193. The molecule has 0 aliphatic carbocycles. The van der Waals surface area contributed by atoms with Crippen LogP contribution in [-0.2, 0) is 25.2 Å². The zero-order valence-electron chi connectivity index (χ0n) is 15.7. The van der Waals surface area contributed by atoms with Crippen LogP contribution in [0.15, 0.2) is 48.5 Å². The number of benzene rings is 2. The minimum Gasteiger partial charge on any atom is -0.198 e. The molecule has 29 heavy (non-hydrogen) atoms. The van der Waals surface area contributed by atoms with Gasteiger partial charge in [-0.25, -0.2) is 0 Å². The molecule has 0 aliphatic rings. The van der Waals surface area contributed by atoms with Gasteiger partial charge in [0.1, 0.15) is 0 Å². The van der Waals surface area contributed by atoms with Crippen LogP contribution in [0, 0.1) is 17.2 Å². The average molecular weight is 413 g/mol. The van der Waals surface area contributed by atoms with Gasteiger partial charge in [0.2, 0.25) is 0 Å². The second-order valence-electron chi connectivity index (χ2n) is 7.03. The Morgan fingerprint density at radius 3 is 1.34 bits per heavy atom. The Balaban J connectivity index is 1.92. The molecular formula is C22H21F6N. The standard InChI is InChI=1S/C22H21F6N/c23-21(24,25)19-11-7-17(8-12-19)5-3-16(2-1-15-29)4-6-18-9-13-20(14-10-18)22(26,27)28/h7-14,16H,1-6H2.